The van der Waals surface area contributed by atoms with Gasteiger partial charge < -0.3 is 10.6 Å². The van der Waals surface area contributed by atoms with Crippen molar-refractivity contribution >= 4 is 5.82 Å². The summed E-state index contributed by atoms with van der Waals surface area (Å²) in [5.41, 5.74) is 7.04. The van der Waals surface area contributed by atoms with E-state index in [1.807, 2.05) is 19.2 Å². The standard InChI is InChI=1S/C12H21N3/c1-4-5-9-15(3)12-11(10(2)13)7-6-8-14-12/h6-8,10H,4-5,9,13H2,1-3H3/t10-/m0/s1. The Bertz CT molecular complexity index is 297. The Hall–Kier alpha value is -1.09. The van der Waals surface area contributed by atoms with Crippen molar-refractivity contribution in [2.24, 2.45) is 5.73 Å². The molecule has 0 aliphatic rings. The third kappa shape index (κ3) is 3.20. The van der Waals surface area contributed by atoms with Gasteiger partial charge in [0.2, 0.25) is 0 Å². The lowest BCUT2D eigenvalue weighted by molar-refractivity contribution is 0.741. The summed E-state index contributed by atoms with van der Waals surface area (Å²) in [5.74, 6) is 1.01. The van der Waals surface area contributed by atoms with Crippen molar-refractivity contribution in [2.45, 2.75) is 32.7 Å². The largest absolute Gasteiger partial charge is 0.359 e. The smallest absolute Gasteiger partial charge is 0.133 e. The van der Waals surface area contributed by atoms with E-state index >= 15 is 0 Å². The highest BCUT2D eigenvalue weighted by molar-refractivity contribution is 5.47. The van der Waals surface area contributed by atoms with Gasteiger partial charge in [0.1, 0.15) is 5.82 Å². The number of hydrogen-bond donors (Lipinski definition) is 1. The Balaban J connectivity index is 2.82. The summed E-state index contributed by atoms with van der Waals surface area (Å²) in [4.78, 5) is 6.58. The van der Waals surface area contributed by atoms with Crippen LogP contribution in [0.1, 0.15) is 38.3 Å². The van der Waals surface area contributed by atoms with Crippen LogP contribution < -0.4 is 10.6 Å². The molecule has 0 saturated carbocycles. The SMILES string of the molecule is CCCCN(C)c1ncccc1[C@H](C)N. The van der Waals surface area contributed by atoms with E-state index in [1.165, 1.54) is 12.8 Å². The van der Waals surface area contributed by atoms with Crippen LogP contribution in [0.3, 0.4) is 0 Å². The maximum absolute atomic E-state index is 5.91. The first kappa shape index (κ1) is 12.0. The average Bonchev–Trinajstić information content (AvgIpc) is 2.25. The quantitative estimate of drug-likeness (QED) is 0.805. The first-order valence-electron chi connectivity index (χ1n) is 5.58. The second kappa shape index (κ2) is 5.71. The van der Waals surface area contributed by atoms with Crippen LogP contribution in [0.15, 0.2) is 18.3 Å². The van der Waals surface area contributed by atoms with E-state index in [0.717, 1.165) is 17.9 Å². The van der Waals surface area contributed by atoms with Gasteiger partial charge in [-0.2, -0.15) is 0 Å². The lowest BCUT2D eigenvalue weighted by atomic mass is 10.1. The van der Waals surface area contributed by atoms with Crippen LogP contribution in [-0.2, 0) is 0 Å². The first-order chi connectivity index (χ1) is 7.16. The van der Waals surface area contributed by atoms with Gasteiger partial charge in [-0.25, -0.2) is 4.98 Å². The van der Waals surface area contributed by atoms with Gasteiger partial charge in [0, 0.05) is 31.4 Å². The molecule has 15 heavy (non-hydrogen) atoms. The molecule has 0 fully saturated rings. The zero-order valence-electron chi connectivity index (χ0n) is 9.90. The van der Waals surface area contributed by atoms with E-state index in [2.05, 4.69) is 29.9 Å². The van der Waals surface area contributed by atoms with Crippen molar-refractivity contribution in [2.75, 3.05) is 18.5 Å². The number of nitrogens with zero attached hydrogens (tertiary/aromatic N) is 2. The minimum atomic E-state index is 0.0396. The Labute approximate surface area is 92.3 Å². The van der Waals surface area contributed by atoms with E-state index in [1.54, 1.807) is 0 Å². The van der Waals surface area contributed by atoms with Crippen molar-refractivity contribution in [3.8, 4) is 0 Å². The Morgan fingerprint density at radius 1 is 1.53 bits per heavy atom. The van der Waals surface area contributed by atoms with E-state index in [4.69, 9.17) is 5.73 Å². The third-order valence-corrected chi connectivity index (χ3v) is 2.52. The van der Waals surface area contributed by atoms with Gasteiger partial charge in [0.05, 0.1) is 0 Å². The maximum atomic E-state index is 5.91. The van der Waals surface area contributed by atoms with Crippen LogP contribution >= 0.6 is 0 Å². The van der Waals surface area contributed by atoms with E-state index < -0.39 is 0 Å². The van der Waals surface area contributed by atoms with Gasteiger partial charge >= 0.3 is 0 Å². The predicted octanol–water partition coefficient (Wildman–Crippen LogP) is 2.34. The van der Waals surface area contributed by atoms with Crippen LogP contribution in [0.2, 0.25) is 0 Å². The van der Waals surface area contributed by atoms with Crippen LogP contribution in [0.25, 0.3) is 0 Å². The number of unbranched alkanes of at least 4 members (excludes halogenated alkanes) is 1. The van der Waals surface area contributed by atoms with Crippen LogP contribution in [-0.4, -0.2) is 18.6 Å². The van der Waals surface area contributed by atoms with Gasteiger partial charge in [0.25, 0.3) is 0 Å². The number of rotatable bonds is 5. The molecule has 3 nitrogen and oxygen atoms in total. The highest BCUT2D eigenvalue weighted by Gasteiger charge is 2.10. The van der Waals surface area contributed by atoms with Crippen molar-refractivity contribution in [1.29, 1.82) is 0 Å². The molecule has 0 aliphatic carbocycles. The van der Waals surface area contributed by atoms with Gasteiger partial charge in [-0.05, 0) is 19.4 Å². The summed E-state index contributed by atoms with van der Waals surface area (Å²) in [6.07, 6.45) is 4.21. The second-order valence-corrected chi connectivity index (χ2v) is 3.98. The Kier molecular flexibility index (Phi) is 4.56. The minimum absolute atomic E-state index is 0.0396. The molecule has 1 rings (SSSR count). The van der Waals surface area contributed by atoms with Gasteiger partial charge in [-0.1, -0.05) is 19.4 Å². The lowest BCUT2D eigenvalue weighted by Crippen LogP contribution is -2.22. The molecule has 2 N–H and O–H groups in total. The Morgan fingerprint density at radius 2 is 2.27 bits per heavy atom. The summed E-state index contributed by atoms with van der Waals surface area (Å²) >= 11 is 0. The summed E-state index contributed by atoms with van der Waals surface area (Å²) in [5, 5.41) is 0. The molecule has 0 amide bonds. The summed E-state index contributed by atoms with van der Waals surface area (Å²) in [6.45, 7) is 5.22. The molecule has 0 aromatic carbocycles. The fourth-order valence-electron chi connectivity index (χ4n) is 1.58. The molecule has 0 aliphatic heterocycles. The van der Waals surface area contributed by atoms with Crippen LogP contribution in [0, 0.1) is 0 Å². The summed E-state index contributed by atoms with van der Waals surface area (Å²) in [6, 6.07) is 4.03. The fraction of sp³-hybridized carbons (Fsp3) is 0.583. The van der Waals surface area contributed by atoms with Crippen LogP contribution in [0.4, 0.5) is 5.82 Å². The zero-order valence-corrected chi connectivity index (χ0v) is 9.90. The molecule has 1 aromatic heterocycles. The third-order valence-electron chi connectivity index (χ3n) is 2.52. The molecule has 84 valence electrons. The monoisotopic (exact) mass is 207 g/mol. The Morgan fingerprint density at radius 3 is 2.87 bits per heavy atom. The number of aromatic nitrogens is 1. The molecule has 1 aromatic rings. The molecule has 0 unspecified atom stereocenters. The molecule has 3 heteroatoms. The maximum Gasteiger partial charge on any atom is 0.133 e. The summed E-state index contributed by atoms with van der Waals surface area (Å²) < 4.78 is 0. The minimum Gasteiger partial charge on any atom is -0.359 e. The van der Waals surface area contributed by atoms with Crippen LogP contribution in [0.5, 0.6) is 0 Å². The van der Waals surface area contributed by atoms with Gasteiger partial charge in [-0.3, -0.25) is 0 Å². The van der Waals surface area contributed by atoms with E-state index in [-0.39, 0.29) is 6.04 Å². The zero-order chi connectivity index (χ0) is 11.3. The molecule has 0 saturated heterocycles. The first-order valence-corrected chi connectivity index (χ1v) is 5.58. The van der Waals surface area contributed by atoms with Gasteiger partial charge in [0.15, 0.2) is 0 Å². The normalized spacial score (nSPS) is 12.5. The highest BCUT2D eigenvalue weighted by Crippen LogP contribution is 2.21. The number of pyridine rings is 1. The van der Waals surface area contributed by atoms with Crippen molar-refractivity contribution in [3.05, 3.63) is 23.9 Å². The molecule has 1 heterocycles. The number of anilines is 1. The van der Waals surface area contributed by atoms with Gasteiger partial charge in [-0.15, -0.1) is 0 Å². The highest BCUT2D eigenvalue weighted by atomic mass is 15.2. The molecule has 1 atom stereocenters. The fourth-order valence-corrected chi connectivity index (χ4v) is 1.58. The predicted molar refractivity (Wildman–Crippen MR) is 65.0 cm³/mol. The topological polar surface area (TPSA) is 42.2 Å². The lowest BCUT2D eigenvalue weighted by Gasteiger charge is -2.22. The molecule has 0 radical (unpaired) electrons. The van der Waals surface area contributed by atoms with E-state index in [9.17, 15) is 0 Å². The number of hydrogen-bond acceptors (Lipinski definition) is 3. The molecular weight excluding hydrogens is 186 g/mol. The molecule has 0 bridgehead atoms. The molecule has 0 spiro atoms. The van der Waals surface area contributed by atoms with Crippen molar-refractivity contribution < 1.29 is 0 Å². The number of nitrogens with two attached hydrogens (primary N) is 1. The van der Waals surface area contributed by atoms with E-state index in [0.29, 0.717) is 0 Å². The van der Waals surface area contributed by atoms with Crippen molar-refractivity contribution in [1.82, 2.24) is 4.98 Å². The average molecular weight is 207 g/mol. The van der Waals surface area contributed by atoms with Crippen molar-refractivity contribution in [3.63, 3.8) is 0 Å². The molecular formula is C12H21N3. The summed E-state index contributed by atoms with van der Waals surface area (Å²) in [7, 11) is 2.07. The second-order valence-electron chi connectivity index (χ2n) is 3.98.